The van der Waals surface area contributed by atoms with Gasteiger partial charge >= 0.3 is 5.97 Å². The van der Waals surface area contributed by atoms with Gasteiger partial charge in [-0.15, -0.1) is 11.8 Å². The first-order valence-electron chi connectivity index (χ1n) is 8.69. The molecule has 0 aliphatic carbocycles. The summed E-state index contributed by atoms with van der Waals surface area (Å²) in [6.07, 6.45) is 4.46. The van der Waals surface area contributed by atoms with Gasteiger partial charge in [0.15, 0.2) is 0 Å². The number of aromatic nitrogens is 2. The first kappa shape index (κ1) is 19.0. The van der Waals surface area contributed by atoms with Gasteiger partial charge in [-0.3, -0.25) is 9.48 Å². The van der Waals surface area contributed by atoms with E-state index in [1.165, 1.54) is 6.20 Å². The maximum Gasteiger partial charge on any atom is 0.338 e. The number of amides is 1. The number of thioether (sulfide) groups is 1. The molecule has 1 aliphatic rings. The van der Waals surface area contributed by atoms with Crippen molar-refractivity contribution in [1.29, 1.82) is 5.26 Å². The number of hydrogen-bond donors (Lipinski definition) is 1. The first-order valence-corrected chi connectivity index (χ1v) is 9.84. The molecule has 1 aliphatic heterocycles. The fraction of sp³-hybridized carbons (Fsp3) is 0.368. The Labute approximate surface area is 161 Å². The Hall–Kier alpha value is -2.79. The molecule has 1 aromatic heterocycles. The second-order valence-electron chi connectivity index (χ2n) is 6.43. The number of nitrogens with zero attached hydrogens (tertiary/aromatic N) is 4. The molecule has 140 valence electrons. The van der Waals surface area contributed by atoms with Crippen LogP contribution in [0.15, 0.2) is 36.7 Å². The van der Waals surface area contributed by atoms with Crippen molar-refractivity contribution < 1.29 is 14.7 Å². The lowest BCUT2D eigenvalue weighted by molar-refractivity contribution is -0.129. The second kappa shape index (κ2) is 8.73. The summed E-state index contributed by atoms with van der Waals surface area (Å²) in [5, 5.41) is 21.9. The Balaban J connectivity index is 1.42. The summed E-state index contributed by atoms with van der Waals surface area (Å²) in [5.41, 5.74) is 1.92. The SMILES string of the molecule is N#Cc1ccc(CSCC(=O)N2CCC(n3cc(C(=O)O)cn3)CC2)cc1. The summed E-state index contributed by atoms with van der Waals surface area (Å²) in [6, 6.07) is 9.62. The Morgan fingerprint density at radius 2 is 1.96 bits per heavy atom. The molecular formula is C19H20N4O3S. The summed E-state index contributed by atoms with van der Waals surface area (Å²) in [7, 11) is 0. The van der Waals surface area contributed by atoms with Crippen LogP contribution in [0.1, 0.15) is 40.4 Å². The van der Waals surface area contributed by atoms with Crippen molar-refractivity contribution in [3.05, 3.63) is 53.3 Å². The van der Waals surface area contributed by atoms with Crippen LogP contribution in [0.3, 0.4) is 0 Å². The van der Waals surface area contributed by atoms with Gasteiger partial charge in [-0.05, 0) is 30.5 Å². The summed E-state index contributed by atoms with van der Waals surface area (Å²) in [4.78, 5) is 25.2. The zero-order valence-electron chi connectivity index (χ0n) is 14.7. The third kappa shape index (κ3) is 4.89. The number of likely N-dealkylation sites (tertiary alicyclic amines) is 1. The molecular weight excluding hydrogens is 364 g/mol. The number of nitriles is 1. The van der Waals surface area contributed by atoms with E-state index in [9.17, 15) is 9.59 Å². The summed E-state index contributed by atoms with van der Waals surface area (Å²) >= 11 is 1.57. The van der Waals surface area contributed by atoms with Crippen molar-refractivity contribution in [2.45, 2.75) is 24.6 Å². The highest BCUT2D eigenvalue weighted by Gasteiger charge is 2.24. The molecule has 1 saturated heterocycles. The van der Waals surface area contributed by atoms with Gasteiger partial charge in [0, 0.05) is 25.0 Å². The van der Waals surface area contributed by atoms with E-state index < -0.39 is 5.97 Å². The standard InChI is InChI=1S/C19H20N4O3S/c20-9-14-1-3-15(4-2-14)12-27-13-18(24)22-7-5-17(6-8-22)23-11-16(10-21-23)19(25)26/h1-4,10-11,17H,5-8,12-13H2,(H,25,26). The van der Waals surface area contributed by atoms with Crippen molar-refractivity contribution in [1.82, 2.24) is 14.7 Å². The lowest BCUT2D eigenvalue weighted by Crippen LogP contribution is -2.40. The van der Waals surface area contributed by atoms with E-state index in [0.717, 1.165) is 24.2 Å². The zero-order chi connectivity index (χ0) is 19.2. The minimum atomic E-state index is -0.979. The third-order valence-corrected chi connectivity index (χ3v) is 5.61. The second-order valence-corrected chi connectivity index (χ2v) is 7.41. The Kier molecular flexibility index (Phi) is 6.14. The highest BCUT2D eigenvalue weighted by molar-refractivity contribution is 7.99. The predicted octanol–water partition coefficient (Wildman–Crippen LogP) is 2.55. The van der Waals surface area contributed by atoms with E-state index in [0.29, 0.717) is 24.4 Å². The molecule has 0 radical (unpaired) electrons. The Morgan fingerprint density at radius 3 is 2.56 bits per heavy atom. The van der Waals surface area contributed by atoms with Gasteiger partial charge in [-0.2, -0.15) is 10.4 Å². The molecule has 1 amide bonds. The van der Waals surface area contributed by atoms with Crippen LogP contribution in [0.4, 0.5) is 0 Å². The largest absolute Gasteiger partial charge is 0.478 e. The van der Waals surface area contributed by atoms with Crippen LogP contribution in [0.25, 0.3) is 0 Å². The van der Waals surface area contributed by atoms with Crippen LogP contribution in [0, 0.1) is 11.3 Å². The zero-order valence-corrected chi connectivity index (χ0v) is 15.6. The van der Waals surface area contributed by atoms with E-state index in [1.54, 1.807) is 34.8 Å². The molecule has 0 atom stereocenters. The average Bonchev–Trinajstić information content (AvgIpc) is 3.19. The number of rotatable bonds is 6. The number of carboxylic acids is 1. The fourth-order valence-electron chi connectivity index (χ4n) is 3.05. The van der Waals surface area contributed by atoms with Crippen LogP contribution < -0.4 is 0 Å². The minimum absolute atomic E-state index is 0.124. The van der Waals surface area contributed by atoms with Crippen molar-refractivity contribution >= 4 is 23.6 Å². The van der Waals surface area contributed by atoms with Crippen LogP contribution in [-0.2, 0) is 10.5 Å². The molecule has 1 aromatic carbocycles. The van der Waals surface area contributed by atoms with Gasteiger partial charge in [0.25, 0.3) is 0 Å². The van der Waals surface area contributed by atoms with Gasteiger partial charge in [-0.25, -0.2) is 4.79 Å². The van der Waals surface area contributed by atoms with Gasteiger partial charge < -0.3 is 10.0 Å². The number of aromatic carboxylic acids is 1. The summed E-state index contributed by atoms with van der Waals surface area (Å²) < 4.78 is 1.70. The van der Waals surface area contributed by atoms with Crippen molar-refractivity contribution in [3.63, 3.8) is 0 Å². The maximum absolute atomic E-state index is 12.4. The normalized spacial score (nSPS) is 14.7. The van der Waals surface area contributed by atoms with E-state index >= 15 is 0 Å². The molecule has 0 spiro atoms. The fourth-order valence-corrected chi connectivity index (χ4v) is 3.94. The van der Waals surface area contributed by atoms with E-state index in [2.05, 4.69) is 11.2 Å². The van der Waals surface area contributed by atoms with Crippen molar-refractivity contribution in [2.24, 2.45) is 0 Å². The van der Waals surface area contributed by atoms with Gasteiger partial charge in [0.05, 0.1) is 35.2 Å². The lowest BCUT2D eigenvalue weighted by atomic mass is 10.1. The van der Waals surface area contributed by atoms with E-state index in [1.807, 2.05) is 17.0 Å². The maximum atomic E-state index is 12.4. The first-order chi connectivity index (χ1) is 13.1. The number of hydrogen-bond acceptors (Lipinski definition) is 5. The number of piperidine rings is 1. The van der Waals surface area contributed by atoms with Crippen molar-refractivity contribution in [3.8, 4) is 6.07 Å². The molecule has 1 N–H and O–H groups in total. The van der Waals surface area contributed by atoms with Gasteiger partial charge in [0.2, 0.25) is 5.91 Å². The van der Waals surface area contributed by atoms with E-state index in [4.69, 9.17) is 10.4 Å². The highest BCUT2D eigenvalue weighted by atomic mass is 32.2. The van der Waals surface area contributed by atoms with Crippen LogP contribution >= 0.6 is 11.8 Å². The molecule has 0 bridgehead atoms. The average molecular weight is 384 g/mol. The molecule has 0 unspecified atom stereocenters. The van der Waals surface area contributed by atoms with Gasteiger partial charge in [-0.1, -0.05) is 12.1 Å². The lowest BCUT2D eigenvalue weighted by Gasteiger charge is -2.32. The molecule has 27 heavy (non-hydrogen) atoms. The minimum Gasteiger partial charge on any atom is -0.478 e. The molecule has 0 saturated carbocycles. The Morgan fingerprint density at radius 1 is 1.26 bits per heavy atom. The topological polar surface area (TPSA) is 99.2 Å². The molecule has 2 aromatic rings. The van der Waals surface area contributed by atoms with E-state index in [-0.39, 0.29) is 17.5 Å². The molecule has 8 heteroatoms. The monoisotopic (exact) mass is 384 g/mol. The summed E-state index contributed by atoms with van der Waals surface area (Å²) in [6.45, 7) is 1.31. The van der Waals surface area contributed by atoms with Crippen LogP contribution in [0.5, 0.6) is 0 Å². The smallest absolute Gasteiger partial charge is 0.338 e. The number of carbonyl (C=O) groups excluding carboxylic acids is 1. The number of carboxylic acid groups (broad SMARTS) is 1. The number of carbonyl (C=O) groups is 2. The van der Waals surface area contributed by atoms with Crippen LogP contribution in [0.2, 0.25) is 0 Å². The molecule has 2 heterocycles. The molecule has 3 rings (SSSR count). The predicted molar refractivity (Wildman–Crippen MR) is 101 cm³/mol. The van der Waals surface area contributed by atoms with Crippen LogP contribution in [-0.4, -0.2) is 50.5 Å². The molecule has 7 nitrogen and oxygen atoms in total. The quantitative estimate of drug-likeness (QED) is 0.822. The third-order valence-electron chi connectivity index (χ3n) is 4.62. The Bertz CT molecular complexity index is 849. The van der Waals surface area contributed by atoms with Gasteiger partial charge in [0.1, 0.15) is 0 Å². The number of benzene rings is 1. The van der Waals surface area contributed by atoms with Crippen molar-refractivity contribution in [2.75, 3.05) is 18.8 Å². The summed E-state index contributed by atoms with van der Waals surface area (Å²) in [5.74, 6) is 0.307. The molecule has 1 fully saturated rings. The highest BCUT2D eigenvalue weighted by Crippen LogP contribution is 2.23.